The number of hydrogen-bond acceptors (Lipinski definition) is 8. The second kappa shape index (κ2) is 8.67. The highest BCUT2D eigenvalue weighted by molar-refractivity contribution is 7.13. The van der Waals surface area contributed by atoms with Gasteiger partial charge in [-0.05, 0) is 32.6 Å². The first-order chi connectivity index (χ1) is 13.6. The number of rotatable bonds is 7. The molecule has 0 spiro atoms. The summed E-state index contributed by atoms with van der Waals surface area (Å²) >= 11 is 1.45. The SMILES string of the molecule is Cc1nc(C)c(C(=O)N2CC(c3nc(CCOCC4CCOCC4)no3)C2)s1. The van der Waals surface area contributed by atoms with Gasteiger partial charge in [0.05, 0.1) is 23.2 Å². The van der Waals surface area contributed by atoms with Crippen molar-refractivity contribution >= 4 is 17.2 Å². The van der Waals surface area contributed by atoms with Gasteiger partial charge >= 0.3 is 0 Å². The van der Waals surface area contributed by atoms with E-state index in [0.717, 1.165) is 48.2 Å². The molecule has 9 heteroatoms. The van der Waals surface area contributed by atoms with Crippen LogP contribution < -0.4 is 0 Å². The maximum absolute atomic E-state index is 12.6. The van der Waals surface area contributed by atoms with Gasteiger partial charge in [0, 0.05) is 39.3 Å². The number of amides is 1. The van der Waals surface area contributed by atoms with E-state index in [1.807, 2.05) is 18.7 Å². The summed E-state index contributed by atoms with van der Waals surface area (Å²) in [4.78, 5) is 23.9. The van der Waals surface area contributed by atoms with Gasteiger partial charge in [-0.15, -0.1) is 11.3 Å². The predicted molar refractivity (Wildman–Crippen MR) is 103 cm³/mol. The van der Waals surface area contributed by atoms with E-state index >= 15 is 0 Å². The Labute approximate surface area is 168 Å². The van der Waals surface area contributed by atoms with Crippen LogP contribution in [0.3, 0.4) is 0 Å². The number of ether oxygens (including phenoxy) is 2. The van der Waals surface area contributed by atoms with Gasteiger partial charge in [0.2, 0.25) is 5.89 Å². The molecule has 0 aliphatic carbocycles. The molecule has 8 nitrogen and oxygen atoms in total. The summed E-state index contributed by atoms with van der Waals surface area (Å²) in [6, 6.07) is 0. The minimum atomic E-state index is 0.0422. The molecule has 4 rings (SSSR count). The van der Waals surface area contributed by atoms with Crippen LogP contribution in [-0.4, -0.2) is 65.4 Å². The van der Waals surface area contributed by atoms with Crippen molar-refractivity contribution < 1.29 is 18.8 Å². The van der Waals surface area contributed by atoms with Gasteiger partial charge in [0.1, 0.15) is 4.88 Å². The highest BCUT2D eigenvalue weighted by Gasteiger charge is 2.37. The number of thiazole rings is 1. The fourth-order valence-electron chi connectivity index (χ4n) is 3.54. The zero-order valence-corrected chi connectivity index (χ0v) is 17.2. The molecule has 0 radical (unpaired) electrons. The first-order valence-corrected chi connectivity index (χ1v) is 10.6. The molecule has 28 heavy (non-hydrogen) atoms. The van der Waals surface area contributed by atoms with Crippen LogP contribution in [0, 0.1) is 19.8 Å². The third-order valence-electron chi connectivity index (χ3n) is 5.26. The Morgan fingerprint density at radius 1 is 1.25 bits per heavy atom. The molecule has 0 saturated carbocycles. The topological polar surface area (TPSA) is 90.6 Å². The lowest BCUT2D eigenvalue weighted by atomic mass is 10.00. The van der Waals surface area contributed by atoms with Crippen molar-refractivity contribution in [2.24, 2.45) is 5.92 Å². The maximum Gasteiger partial charge on any atom is 0.265 e. The van der Waals surface area contributed by atoms with Crippen LogP contribution in [0.4, 0.5) is 0 Å². The first-order valence-electron chi connectivity index (χ1n) is 9.81. The molecule has 2 saturated heterocycles. The minimum absolute atomic E-state index is 0.0422. The predicted octanol–water partition coefficient (Wildman–Crippen LogP) is 2.37. The Balaban J connectivity index is 1.20. The number of hydrogen-bond donors (Lipinski definition) is 0. The van der Waals surface area contributed by atoms with Crippen LogP contribution in [0.1, 0.15) is 50.8 Å². The summed E-state index contributed by atoms with van der Waals surface area (Å²) in [6.07, 6.45) is 2.79. The van der Waals surface area contributed by atoms with Gasteiger partial charge in [-0.25, -0.2) is 4.98 Å². The van der Waals surface area contributed by atoms with E-state index in [-0.39, 0.29) is 11.8 Å². The van der Waals surface area contributed by atoms with Gasteiger partial charge in [-0.2, -0.15) is 4.98 Å². The van der Waals surface area contributed by atoms with Crippen LogP contribution in [0.15, 0.2) is 4.52 Å². The molecule has 0 unspecified atom stereocenters. The zero-order chi connectivity index (χ0) is 19.5. The molecule has 2 fully saturated rings. The monoisotopic (exact) mass is 406 g/mol. The molecule has 2 aromatic rings. The van der Waals surface area contributed by atoms with Crippen LogP contribution in [0.5, 0.6) is 0 Å². The van der Waals surface area contributed by atoms with Crippen molar-refractivity contribution in [3.05, 3.63) is 27.3 Å². The molecule has 1 amide bonds. The number of carbonyl (C=O) groups is 1. The summed E-state index contributed by atoms with van der Waals surface area (Å²) in [5.74, 6) is 2.03. The molecule has 152 valence electrons. The summed E-state index contributed by atoms with van der Waals surface area (Å²) < 4.78 is 16.5. The Morgan fingerprint density at radius 2 is 2.04 bits per heavy atom. The fraction of sp³-hybridized carbons (Fsp3) is 0.684. The smallest absolute Gasteiger partial charge is 0.265 e. The third kappa shape index (κ3) is 4.42. The van der Waals surface area contributed by atoms with Gasteiger partial charge in [0.15, 0.2) is 5.82 Å². The van der Waals surface area contributed by atoms with E-state index < -0.39 is 0 Å². The van der Waals surface area contributed by atoms with Gasteiger partial charge < -0.3 is 18.9 Å². The number of carbonyl (C=O) groups excluding carboxylic acids is 1. The van der Waals surface area contributed by atoms with Crippen LogP contribution in [-0.2, 0) is 15.9 Å². The lowest BCUT2D eigenvalue weighted by Crippen LogP contribution is -2.48. The summed E-state index contributed by atoms with van der Waals surface area (Å²) in [6.45, 7) is 8.05. The summed E-state index contributed by atoms with van der Waals surface area (Å²) in [5.41, 5.74) is 0.803. The molecule has 0 bridgehead atoms. The van der Waals surface area contributed by atoms with E-state index in [1.54, 1.807) is 0 Å². The van der Waals surface area contributed by atoms with Crippen molar-refractivity contribution in [3.63, 3.8) is 0 Å². The van der Waals surface area contributed by atoms with Crippen LogP contribution >= 0.6 is 11.3 Å². The standard InChI is InChI=1S/C19H26N4O4S/c1-12-17(28-13(2)20-12)19(24)23-9-15(10-23)18-21-16(22-27-18)5-8-26-11-14-3-6-25-7-4-14/h14-15H,3-11H2,1-2H3. The quantitative estimate of drug-likeness (QED) is 0.652. The first kappa shape index (κ1) is 19.5. The van der Waals surface area contributed by atoms with Gasteiger partial charge in [-0.3, -0.25) is 4.79 Å². The minimum Gasteiger partial charge on any atom is -0.381 e. The van der Waals surface area contributed by atoms with Crippen LogP contribution in [0.25, 0.3) is 0 Å². The molecular formula is C19H26N4O4S. The van der Waals surface area contributed by atoms with Gasteiger partial charge in [0.25, 0.3) is 5.91 Å². The van der Waals surface area contributed by atoms with Crippen molar-refractivity contribution in [2.45, 2.75) is 39.0 Å². The van der Waals surface area contributed by atoms with E-state index in [0.29, 0.717) is 43.8 Å². The van der Waals surface area contributed by atoms with E-state index in [9.17, 15) is 4.79 Å². The Morgan fingerprint density at radius 3 is 2.75 bits per heavy atom. The lowest BCUT2D eigenvalue weighted by molar-refractivity contribution is 0.0211. The Hall–Kier alpha value is -1.84. The van der Waals surface area contributed by atoms with E-state index in [4.69, 9.17) is 14.0 Å². The zero-order valence-electron chi connectivity index (χ0n) is 16.3. The average molecular weight is 407 g/mol. The van der Waals surface area contributed by atoms with Crippen molar-refractivity contribution in [1.82, 2.24) is 20.0 Å². The molecule has 2 aliphatic heterocycles. The average Bonchev–Trinajstić information content (AvgIpc) is 3.24. The highest BCUT2D eigenvalue weighted by atomic mass is 32.1. The third-order valence-corrected chi connectivity index (χ3v) is 6.32. The largest absolute Gasteiger partial charge is 0.381 e. The fourth-order valence-corrected chi connectivity index (χ4v) is 4.42. The molecule has 0 aromatic carbocycles. The van der Waals surface area contributed by atoms with E-state index in [1.165, 1.54) is 11.3 Å². The summed E-state index contributed by atoms with van der Waals surface area (Å²) in [7, 11) is 0. The van der Waals surface area contributed by atoms with Crippen LogP contribution in [0.2, 0.25) is 0 Å². The molecule has 2 aliphatic rings. The highest BCUT2D eigenvalue weighted by Crippen LogP contribution is 2.29. The number of likely N-dealkylation sites (tertiary alicyclic amines) is 1. The second-order valence-electron chi connectivity index (χ2n) is 7.48. The second-order valence-corrected chi connectivity index (χ2v) is 8.69. The normalized spacial score (nSPS) is 18.4. The van der Waals surface area contributed by atoms with Gasteiger partial charge in [-0.1, -0.05) is 5.16 Å². The van der Waals surface area contributed by atoms with E-state index in [2.05, 4.69) is 15.1 Å². The number of aryl methyl sites for hydroxylation is 2. The molecule has 4 heterocycles. The van der Waals surface area contributed by atoms with Crippen molar-refractivity contribution in [3.8, 4) is 0 Å². The summed E-state index contributed by atoms with van der Waals surface area (Å²) in [5, 5.41) is 4.97. The number of nitrogens with zero attached hydrogens (tertiary/aromatic N) is 4. The molecule has 2 aromatic heterocycles. The molecule has 0 atom stereocenters. The Kier molecular flexibility index (Phi) is 6.03. The van der Waals surface area contributed by atoms with Crippen molar-refractivity contribution in [1.29, 1.82) is 0 Å². The molecular weight excluding hydrogens is 380 g/mol. The molecule has 0 N–H and O–H groups in total. The van der Waals surface area contributed by atoms with Crippen molar-refractivity contribution in [2.75, 3.05) is 39.5 Å². The maximum atomic E-state index is 12.6. The lowest BCUT2D eigenvalue weighted by Gasteiger charge is -2.36. The number of aromatic nitrogens is 3. The Bertz CT molecular complexity index is 809.